The second kappa shape index (κ2) is 9.19. The van der Waals surface area contributed by atoms with Crippen LogP contribution >= 0.6 is 11.3 Å². The van der Waals surface area contributed by atoms with Gasteiger partial charge in [0.1, 0.15) is 0 Å². The van der Waals surface area contributed by atoms with E-state index in [-0.39, 0.29) is 18.1 Å². The van der Waals surface area contributed by atoms with Crippen LogP contribution < -0.4 is 4.90 Å². The Hall–Kier alpha value is -2.45. The molecule has 2 heterocycles. The van der Waals surface area contributed by atoms with E-state index in [0.29, 0.717) is 24.4 Å². The first kappa shape index (κ1) is 22.7. The number of sulfone groups is 1. The quantitative estimate of drug-likeness (QED) is 0.541. The smallest absolute Gasteiger partial charge is 0.222 e. The number of hydrogen-bond donors (Lipinski definition) is 0. The molecule has 1 aliphatic heterocycles. The molecule has 0 aliphatic carbocycles. The molecule has 0 N–H and O–H groups in total. The van der Waals surface area contributed by atoms with Crippen LogP contribution in [0, 0.1) is 20.8 Å². The van der Waals surface area contributed by atoms with E-state index in [1.807, 2.05) is 11.8 Å². The molecular weight excluding hydrogens is 442 g/mol. The van der Waals surface area contributed by atoms with Crippen molar-refractivity contribution >= 4 is 42.4 Å². The third kappa shape index (κ3) is 4.96. The molecule has 170 valence electrons. The first-order valence-corrected chi connectivity index (χ1v) is 13.4. The van der Waals surface area contributed by atoms with Crippen molar-refractivity contribution in [1.82, 2.24) is 9.88 Å². The molecule has 0 saturated carbocycles. The monoisotopic (exact) mass is 471 g/mol. The Morgan fingerprint density at radius 1 is 1.00 bits per heavy atom. The van der Waals surface area contributed by atoms with Crippen molar-refractivity contribution in [3.05, 3.63) is 53.1 Å². The lowest BCUT2D eigenvalue weighted by Crippen LogP contribution is -2.48. The van der Waals surface area contributed by atoms with Gasteiger partial charge in [0.15, 0.2) is 15.0 Å². The lowest BCUT2D eigenvalue weighted by Gasteiger charge is -2.34. The second-order valence-corrected chi connectivity index (χ2v) is 11.6. The number of hydrogen-bond acceptors (Lipinski definition) is 6. The Bertz CT molecular complexity index is 1230. The lowest BCUT2D eigenvalue weighted by molar-refractivity contribution is -0.131. The van der Waals surface area contributed by atoms with Gasteiger partial charge in [-0.25, -0.2) is 13.4 Å². The number of aromatic nitrogens is 1. The highest BCUT2D eigenvalue weighted by atomic mass is 32.2. The Labute approximate surface area is 193 Å². The molecule has 3 aromatic rings. The van der Waals surface area contributed by atoms with Gasteiger partial charge in [0.2, 0.25) is 5.91 Å². The number of aryl methyl sites for hydroxylation is 3. The zero-order valence-electron chi connectivity index (χ0n) is 18.8. The molecule has 1 saturated heterocycles. The number of thiazole rings is 1. The van der Waals surface area contributed by atoms with Gasteiger partial charge >= 0.3 is 0 Å². The molecule has 1 aromatic heterocycles. The van der Waals surface area contributed by atoms with E-state index in [0.717, 1.165) is 29.3 Å². The van der Waals surface area contributed by atoms with Gasteiger partial charge in [0.05, 0.1) is 20.9 Å². The van der Waals surface area contributed by atoms with E-state index >= 15 is 0 Å². The van der Waals surface area contributed by atoms with Crippen molar-refractivity contribution in [2.24, 2.45) is 0 Å². The Morgan fingerprint density at radius 3 is 2.38 bits per heavy atom. The molecule has 0 bridgehead atoms. The van der Waals surface area contributed by atoms with Gasteiger partial charge < -0.3 is 9.80 Å². The minimum Gasteiger partial charge on any atom is -0.345 e. The van der Waals surface area contributed by atoms with Gasteiger partial charge in [-0.1, -0.05) is 35.1 Å². The van der Waals surface area contributed by atoms with Crippen molar-refractivity contribution in [1.29, 1.82) is 0 Å². The van der Waals surface area contributed by atoms with Crippen LogP contribution in [0.5, 0.6) is 0 Å². The Kier molecular flexibility index (Phi) is 6.53. The number of nitrogens with zero attached hydrogens (tertiary/aromatic N) is 3. The predicted octanol–water partition coefficient (Wildman–Crippen LogP) is 4.12. The molecule has 32 heavy (non-hydrogen) atoms. The van der Waals surface area contributed by atoms with Gasteiger partial charge in [0, 0.05) is 32.6 Å². The highest BCUT2D eigenvalue weighted by Gasteiger charge is 2.24. The first-order valence-electron chi connectivity index (χ1n) is 10.9. The lowest BCUT2D eigenvalue weighted by atomic mass is 10.1. The minimum absolute atomic E-state index is 0.00770. The number of anilines is 1. The van der Waals surface area contributed by atoms with Gasteiger partial charge in [-0.15, -0.1) is 0 Å². The molecule has 0 spiro atoms. The van der Waals surface area contributed by atoms with E-state index in [9.17, 15) is 13.2 Å². The van der Waals surface area contributed by atoms with Crippen molar-refractivity contribution in [2.75, 3.05) is 36.8 Å². The van der Waals surface area contributed by atoms with Crippen LogP contribution in [0.1, 0.15) is 29.5 Å². The predicted molar refractivity (Wildman–Crippen MR) is 130 cm³/mol. The number of amides is 1. The summed E-state index contributed by atoms with van der Waals surface area (Å²) in [6.45, 7) is 8.87. The number of rotatable bonds is 6. The van der Waals surface area contributed by atoms with Crippen LogP contribution in [0.15, 0.2) is 41.3 Å². The van der Waals surface area contributed by atoms with E-state index in [2.05, 4.69) is 30.9 Å². The summed E-state index contributed by atoms with van der Waals surface area (Å²) in [5.74, 6) is 0.0196. The number of fused-ring (bicyclic) bond motifs is 1. The van der Waals surface area contributed by atoms with Crippen LogP contribution in [0.2, 0.25) is 0 Å². The maximum absolute atomic E-state index is 12.6. The summed E-state index contributed by atoms with van der Waals surface area (Å²) < 4.78 is 26.2. The molecule has 0 atom stereocenters. The van der Waals surface area contributed by atoms with Gasteiger partial charge in [-0.3, -0.25) is 4.79 Å². The van der Waals surface area contributed by atoms with Crippen molar-refractivity contribution in [3.63, 3.8) is 0 Å². The highest BCUT2D eigenvalue weighted by molar-refractivity contribution is 7.91. The van der Waals surface area contributed by atoms with Crippen LogP contribution in [0.25, 0.3) is 10.2 Å². The minimum atomic E-state index is -3.35. The Morgan fingerprint density at radius 2 is 1.69 bits per heavy atom. The summed E-state index contributed by atoms with van der Waals surface area (Å²) in [7, 11) is -3.35. The standard InChI is InChI=1S/C24H29N3O3S2/c1-17-6-8-20(9-7-17)32(29,30)14-4-5-22(28)26-10-12-27(13-11-26)24-25-23-19(3)15-18(2)16-21(23)31-24/h6-9,15-16H,4-5,10-14H2,1-3H3. The van der Waals surface area contributed by atoms with Crippen molar-refractivity contribution in [2.45, 2.75) is 38.5 Å². The summed E-state index contributed by atoms with van der Waals surface area (Å²) in [6.07, 6.45) is 0.594. The summed E-state index contributed by atoms with van der Waals surface area (Å²) in [5.41, 5.74) is 4.51. The highest BCUT2D eigenvalue weighted by Crippen LogP contribution is 2.32. The number of carbonyl (C=O) groups excluding carboxylic acids is 1. The molecule has 1 aliphatic rings. The van der Waals surface area contributed by atoms with Crippen LogP contribution in [-0.2, 0) is 14.6 Å². The normalized spacial score (nSPS) is 14.8. The first-order chi connectivity index (χ1) is 15.2. The molecule has 1 amide bonds. The third-order valence-corrected chi connectivity index (χ3v) is 8.78. The third-order valence-electron chi connectivity index (χ3n) is 5.91. The van der Waals surface area contributed by atoms with Gasteiger partial charge in [0.25, 0.3) is 0 Å². The maximum Gasteiger partial charge on any atom is 0.222 e. The molecule has 1 fully saturated rings. The van der Waals surface area contributed by atoms with E-state index in [1.165, 1.54) is 15.8 Å². The average Bonchev–Trinajstić information content (AvgIpc) is 3.18. The van der Waals surface area contributed by atoms with E-state index in [4.69, 9.17) is 4.98 Å². The maximum atomic E-state index is 12.6. The van der Waals surface area contributed by atoms with Gasteiger partial charge in [-0.05, 0) is 56.5 Å². The summed E-state index contributed by atoms with van der Waals surface area (Å²) in [6, 6.07) is 11.2. The fourth-order valence-electron chi connectivity index (χ4n) is 4.08. The SMILES string of the molecule is Cc1ccc(S(=O)(=O)CCCC(=O)N2CCN(c3nc4c(C)cc(C)cc4s3)CC2)cc1. The number of piperazine rings is 1. The molecule has 0 unspecified atom stereocenters. The average molecular weight is 472 g/mol. The molecule has 8 heteroatoms. The largest absolute Gasteiger partial charge is 0.345 e. The van der Waals surface area contributed by atoms with E-state index < -0.39 is 9.84 Å². The second-order valence-electron chi connectivity index (χ2n) is 8.53. The molecular formula is C24H29N3O3S2. The summed E-state index contributed by atoms with van der Waals surface area (Å²) in [5, 5.41) is 1.00. The summed E-state index contributed by atoms with van der Waals surface area (Å²) in [4.78, 5) is 21.9. The molecule has 2 aromatic carbocycles. The van der Waals surface area contributed by atoms with Crippen LogP contribution in [-0.4, -0.2) is 56.1 Å². The molecule has 4 rings (SSSR count). The zero-order chi connectivity index (χ0) is 22.9. The zero-order valence-corrected chi connectivity index (χ0v) is 20.4. The van der Waals surface area contributed by atoms with Crippen molar-refractivity contribution < 1.29 is 13.2 Å². The number of benzene rings is 2. The number of carbonyl (C=O) groups is 1. The summed E-state index contributed by atoms with van der Waals surface area (Å²) >= 11 is 1.70. The van der Waals surface area contributed by atoms with Gasteiger partial charge in [-0.2, -0.15) is 0 Å². The van der Waals surface area contributed by atoms with Crippen LogP contribution in [0.4, 0.5) is 5.13 Å². The van der Waals surface area contributed by atoms with Crippen molar-refractivity contribution in [3.8, 4) is 0 Å². The fraction of sp³-hybridized carbons (Fsp3) is 0.417. The van der Waals surface area contributed by atoms with E-state index in [1.54, 1.807) is 35.6 Å². The topological polar surface area (TPSA) is 70.6 Å². The molecule has 0 radical (unpaired) electrons. The fourth-order valence-corrected chi connectivity index (χ4v) is 6.58. The van der Waals surface area contributed by atoms with Crippen LogP contribution in [0.3, 0.4) is 0 Å². The Balaban J connectivity index is 1.29. The molecule has 6 nitrogen and oxygen atoms in total.